The highest BCUT2D eigenvalue weighted by Gasteiger charge is 2.12. The molecule has 0 aromatic carbocycles. The minimum Gasteiger partial charge on any atom is -0.310 e. The molecule has 1 nitrogen and oxygen atoms in total. The summed E-state index contributed by atoms with van der Waals surface area (Å²) in [6, 6.07) is 0. The van der Waals surface area contributed by atoms with Crippen LogP contribution in [-0.2, 0) is 0 Å². The van der Waals surface area contributed by atoms with Gasteiger partial charge in [0.25, 0.3) is 0 Å². The van der Waals surface area contributed by atoms with Crippen LogP contribution in [0.5, 0.6) is 0 Å². The molecule has 1 aliphatic rings. The first kappa shape index (κ1) is 8.49. The molecular formula is C8H18NP. The molecule has 0 spiro atoms. The Hall–Kier alpha value is 0.390. The van der Waals surface area contributed by atoms with Crippen molar-refractivity contribution in [3.63, 3.8) is 0 Å². The molecule has 0 aliphatic carbocycles. The minimum absolute atomic E-state index is 0.677. The van der Waals surface area contributed by atoms with E-state index in [9.17, 15) is 0 Å². The topological polar surface area (TPSA) is 12.0 Å². The summed E-state index contributed by atoms with van der Waals surface area (Å²) < 4.78 is 0. The van der Waals surface area contributed by atoms with Crippen LogP contribution in [0.4, 0.5) is 0 Å². The molecule has 10 heavy (non-hydrogen) atoms. The zero-order valence-electron chi connectivity index (χ0n) is 6.77. The zero-order valence-corrected chi connectivity index (χ0v) is 7.92. The Morgan fingerprint density at radius 3 is 3.00 bits per heavy atom. The normalized spacial score (nSPS) is 35.4. The maximum atomic E-state index is 3.51. The van der Waals surface area contributed by atoms with Crippen molar-refractivity contribution in [3.8, 4) is 0 Å². The standard InChI is InChI=1S/C8H18NP/c1-2-7-4-3-5-8(10)9-6-7/h7-9H,2-6,10H2,1H3. The third-order valence-electron chi connectivity index (χ3n) is 2.37. The van der Waals surface area contributed by atoms with Crippen molar-refractivity contribution in [2.45, 2.75) is 38.4 Å². The van der Waals surface area contributed by atoms with Crippen molar-refractivity contribution in [1.29, 1.82) is 0 Å². The largest absolute Gasteiger partial charge is 0.310 e. The van der Waals surface area contributed by atoms with Gasteiger partial charge < -0.3 is 5.32 Å². The lowest BCUT2D eigenvalue weighted by atomic mass is 10.0. The summed E-state index contributed by atoms with van der Waals surface area (Å²) in [4.78, 5) is 0. The molecule has 0 amide bonds. The monoisotopic (exact) mass is 159 g/mol. The summed E-state index contributed by atoms with van der Waals surface area (Å²) in [5, 5.41) is 3.51. The highest BCUT2D eigenvalue weighted by molar-refractivity contribution is 7.17. The molecule has 0 radical (unpaired) electrons. The Labute approximate surface area is 66.2 Å². The Bertz CT molecular complexity index is 95.3. The van der Waals surface area contributed by atoms with Gasteiger partial charge in [-0.05, 0) is 25.3 Å². The molecule has 3 unspecified atom stereocenters. The second-order valence-electron chi connectivity index (χ2n) is 3.22. The lowest BCUT2D eigenvalue weighted by molar-refractivity contribution is 0.464. The van der Waals surface area contributed by atoms with E-state index in [2.05, 4.69) is 21.5 Å². The van der Waals surface area contributed by atoms with Crippen LogP contribution in [0, 0.1) is 5.92 Å². The van der Waals surface area contributed by atoms with Gasteiger partial charge >= 0.3 is 0 Å². The number of hydrogen-bond acceptors (Lipinski definition) is 1. The van der Waals surface area contributed by atoms with Gasteiger partial charge in [-0.15, -0.1) is 9.24 Å². The fourth-order valence-electron chi connectivity index (χ4n) is 1.50. The molecule has 1 heterocycles. The van der Waals surface area contributed by atoms with Crippen LogP contribution >= 0.6 is 9.24 Å². The molecule has 0 saturated carbocycles. The van der Waals surface area contributed by atoms with E-state index in [1.165, 1.54) is 32.2 Å². The molecule has 2 heteroatoms. The van der Waals surface area contributed by atoms with E-state index >= 15 is 0 Å². The molecule has 1 rings (SSSR count). The lowest BCUT2D eigenvalue weighted by Gasteiger charge is -2.11. The molecule has 60 valence electrons. The predicted octanol–water partition coefficient (Wildman–Crippen LogP) is 1.99. The van der Waals surface area contributed by atoms with E-state index in [0.29, 0.717) is 5.78 Å². The van der Waals surface area contributed by atoms with Crippen LogP contribution in [0.15, 0.2) is 0 Å². The highest BCUT2D eigenvalue weighted by atomic mass is 31.0. The highest BCUT2D eigenvalue weighted by Crippen LogP contribution is 2.19. The predicted molar refractivity (Wildman–Crippen MR) is 49.1 cm³/mol. The van der Waals surface area contributed by atoms with E-state index in [1.807, 2.05) is 0 Å². The van der Waals surface area contributed by atoms with Gasteiger partial charge in [-0.1, -0.05) is 19.8 Å². The third-order valence-corrected chi connectivity index (χ3v) is 2.94. The Morgan fingerprint density at radius 2 is 2.30 bits per heavy atom. The number of rotatable bonds is 1. The molecule has 3 atom stereocenters. The van der Waals surface area contributed by atoms with Crippen LogP contribution in [0.3, 0.4) is 0 Å². The smallest absolute Gasteiger partial charge is 0.0211 e. The molecule has 1 N–H and O–H groups in total. The summed E-state index contributed by atoms with van der Waals surface area (Å²) >= 11 is 0. The van der Waals surface area contributed by atoms with Crippen molar-refractivity contribution in [1.82, 2.24) is 5.32 Å². The fraction of sp³-hybridized carbons (Fsp3) is 1.00. The molecule has 0 aromatic rings. The maximum Gasteiger partial charge on any atom is 0.0211 e. The van der Waals surface area contributed by atoms with Gasteiger partial charge in [0.05, 0.1) is 0 Å². The second kappa shape index (κ2) is 4.31. The molecule has 1 aliphatic heterocycles. The third kappa shape index (κ3) is 2.56. The summed E-state index contributed by atoms with van der Waals surface area (Å²) in [5.74, 6) is 1.61. The first-order valence-corrected chi connectivity index (χ1v) is 4.98. The zero-order chi connectivity index (χ0) is 7.40. The average molecular weight is 159 g/mol. The van der Waals surface area contributed by atoms with Crippen LogP contribution < -0.4 is 5.32 Å². The molecule has 1 saturated heterocycles. The Balaban J connectivity index is 2.26. The number of nitrogens with one attached hydrogen (secondary N) is 1. The van der Waals surface area contributed by atoms with E-state index in [0.717, 1.165) is 5.92 Å². The van der Waals surface area contributed by atoms with E-state index < -0.39 is 0 Å². The van der Waals surface area contributed by atoms with E-state index in [4.69, 9.17) is 0 Å². The molecule has 1 fully saturated rings. The van der Waals surface area contributed by atoms with Gasteiger partial charge in [-0.25, -0.2) is 0 Å². The van der Waals surface area contributed by atoms with Gasteiger partial charge in [0, 0.05) is 5.78 Å². The lowest BCUT2D eigenvalue weighted by Crippen LogP contribution is -2.25. The van der Waals surface area contributed by atoms with Crippen LogP contribution in [0.25, 0.3) is 0 Å². The average Bonchev–Trinajstić information content (AvgIpc) is 2.14. The van der Waals surface area contributed by atoms with Crippen LogP contribution in [-0.4, -0.2) is 12.3 Å². The van der Waals surface area contributed by atoms with Crippen LogP contribution in [0.1, 0.15) is 32.6 Å². The molecule has 0 aromatic heterocycles. The molecular weight excluding hydrogens is 141 g/mol. The van der Waals surface area contributed by atoms with Gasteiger partial charge in [0.1, 0.15) is 0 Å². The van der Waals surface area contributed by atoms with Gasteiger partial charge in [-0.3, -0.25) is 0 Å². The minimum atomic E-state index is 0.677. The summed E-state index contributed by atoms with van der Waals surface area (Å²) in [6.07, 6.45) is 5.50. The Morgan fingerprint density at radius 1 is 1.50 bits per heavy atom. The van der Waals surface area contributed by atoms with Gasteiger partial charge in [-0.2, -0.15) is 0 Å². The van der Waals surface area contributed by atoms with Crippen LogP contribution in [0.2, 0.25) is 0 Å². The summed E-state index contributed by atoms with van der Waals surface area (Å²) in [6.45, 7) is 3.51. The quantitative estimate of drug-likeness (QED) is 0.577. The van der Waals surface area contributed by atoms with Crippen molar-refractivity contribution in [3.05, 3.63) is 0 Å². The summed E-state index contributed by atoms with van der Waals surface area (Å²) in [5.41, 5.74) is 0. The maximum absolute atomic E-state index is 3.51. The summed E-state index contributed by atoms with van der Waals surface area (Å²) in [7, 11) is 2.86. The van der Waals surface area contributed by atoms with E-state index in [1.54, 1.807) is 0 Å². The second-order valence-corrected chi connectivity index (χ2v) is 4.02. The molecule has 0 bridgehead atoms. The Kier molecular flexibility index (Phi) is 3.65. The van der Waals surface area contributed by atoms with Crippen molar-refractivity contribution < 1.29 is 0 Å². The fourth-order valence-corrected chi connectivity index (χ4v) is 1.87. The first-order chi connectivity index (χ1) is 4.83. The van der Waals surface area contributed by atoms with Gasteiger partial charge in [0.15, 0.2) is 0 Å². The van der Waals surface area contributed by atoms with Gasteiger partial charge in [0.2, 0.25) is 0 Å². The van der Waals surface area contributed by atoms with Crippen molar-refractivity contribution in [2.24, 2.45) is 5.92 Å². The van der Waals surface area contributed by atoms with Crippen molar-refractivity contribution in [2.75, 3.05) is 6.54 Å². The van der Waals surface area contributed by atoms with Crippen molar-refractivity contribution >= 4 is 9.24 Å². The first-order valence-electron chi connectivity index (χ1n) is 4.32. The number of hydrogen-bond donors (Lipinski definition) is 1. The SMILES string of the molecule is CCC1CCCC(P)NC1. The van der Waals surface area contributed by atoms with E-state index in [-0.39, 0.29) is 0 Å².